The topological polar surface area (TPSA) is 93.9 Å². The standard InChI is InChI=1S/C27H25BrClN3O5/c1-3-36-23-13-17(12-21(28)24(23)37-15-16-7-6-8-18(29)11-16)19-14-31(2)27(25(19)32(34)35)20-9-4-5-10-22(20)30-26(27)33/h4-13,19,25H,3,14-15H2,1-2H3,(H,30,33)/t19-,25+,27-/m0/s1. The number of likely N-dealkylation sites (tertiary alicyclic amines) is 1. The van der Waals surface area contributed by atoms with Crippen LogP contribution < -0.4 is 14.8 Å². The molecule has 3 atom stereocenters. The summed E-state index contributed by atoms with van der Waals surface area (Å²) < 4.78 is 12.6. The first-order valence-corrected chi connectivity index (χ1v) is 13.0. The van der Waals surface area contributed by atoms with Crippen LogP contribution in [0.15, 0.2) is 65.1 Å². The van der Waals surface area contributed by atoms with Crippen LogP contribution in [0.1, 0.15) is 29.5 Å². The van der Waals surface area contributed by atoms with Gasteiger partial charge in [0.25, 0.3) is 11.9 Å². The number of ether oxygens (including phenoxy) is 2. The van der Waals surface area contributed by atoms with Crippen molar-refractivity contribution in [1.29, 1.82) is 0 Å². The lowest BCUT2D eigenvalue weighted by atomic mass is 9.79. The molecule has 5 rings (SSSR count). The van der Waals surface area contributed by atoms with E-state index in [1.807, 2.05) is 31.2 Å². The predicted molar refractivity (Wildman–Crippen MR) is 144 cm³/mol. The maximum atomic E-state index is 13.4. The molecule has 0 aliphatic carbocycles. The number of benzene rings is 3. The average molecular weight is 587 g/mol. The average Bonchev–Trinajstić information content (AvgIpc) is 3.33. The molecule has 1 amide bonds. The molecule has 3 aromatic rings. The second-order valence-corrected chi connectivity index (χ2v) is 10.5. The maximum absolute atomic E-state index is 13.4. The number of halogens is 2. The van der Waals surface area contributed by atoms with Gasteiger partial charge in [-0.05, 0) is 71.4 Å². The van der Waals surface area contributed by atoms with Crippen molar-refractivity contribution >= 4 is 39.1 Å². The van der Waals surface area contributed by atoms with E-state index in [1.54, 1.807) is 48.3 Å². The summed E-state index contributed by atoms with van der Waals surface area (Å²) in [5.74, 6) is 0.00416. The summed E-state index contributed by atoms with van der Waals surface area (Å²) in [5.41, 5.74) is 1.40. The van der Waals surface area contributed by atoms with E-state index in [2.05, 4.69) is 21.2 Å². The molecule has 2 aliphatic heterocycles. The highest BCUT2D eigenvalue weighted by Gasteiger charge is 2.68. The van der Waals surface area contributed by atoms with Gasteiger partial charge in [0, 0.05) is 27.7 Å². The summed E-state index contributed by atoms with van der Waals surface area (Å²) in [6.45, 7) is 2.82. The molecule has 0 aromatic heterocycles. The van der Waals surface area contributed by atoms with Gasteiger partial charge in [-0.25, -0.2) is 0 Å². The molecular weight excluding hydrogens is 562 g/mol. The Hall–Kier alpha value is -3.14. The molecule has 1 N–H and O–H groups in total. The molecule has 8 nitrogen and oxygen atoms in total. The maximum Gasteiger partial charge on any atom is 0.256 e. The van der Waals surface area contributed by atoms with Crippen molar-refractivity contribution < 1.29 is 19.2 Å². The fourth-order valence-electron chi connectivity index (χ4n) is 5.57. The van der Waals surface area contributed by atoms with Gasteiger partial charge in [0.2, 0.25) is 0 Å². The number of fused-ring (bicyclic) bond motifs is 2. The van der Waals surface area contributed by atoms with Crippen molar-refractivity contribution in [3.05, 3.63) is 97.0 Å². The second kappa shape index (κ2) is 9.96. The van der Waals surface area contributed by atoms with Gasteiger partial charge < -0.3 is 14.8 Å². The molecule has 0 unspecified atom stereocenters. The predicted octanol–water partition coefficient (Wildman–Crippen LogP) is 5.60. The third-order valence-electron chi connectivity index (χ3n) is 7.07. The van der Waals surface area contributed by atoms with Crippen LogP contribution in [0, 0.1) is 10.1 Å². The monoisotopic (exact) mass is 585 g/mol. The minimum atomic E-state index is -1.41. The summed E-state index contributed by atoms with van der Waals surface area (Å²) in [5, 5.41) is 16.1. The molecule has 2 heterocycles. The zero-order valence-corrected chi connectivity index (χ0v) is 22.6. The van der Waals surface area contributed by atoms with Crippen LogP contribution in [0.5, 0.6) is 11.5 Å². The molecule has 3 aromatic carbocycles. The number of para-hydroxylation sites is 1. The third-order valence-corrected chi connectivity index (χ3v) is 7.90. The smallest absolute Gasteiger partial charge is 0.256 e. The van der Waals surface area contributed by atoms with Gasteiger partial charge in [0.05, 0.1) is 17.0 Å². The largest absolute Gasteiger partial charge is 0.490 e. The minimum absolute atomic E-state index is 0.266. The van der Waals surface area contributed by atoms with Crippen LogP contribution in [-0.2, 0) is 16.9 Å². The summed E-state index contributed by atoms with van der Waals surface area (Å²) in [4.78, 5) is 27.5. The second-order valence-electron chi connectivity index (χ2n) is 9.16. The first-order valence-electron chi connectivity index (χ1n) is 11.9. The van der Waals surface area contributed by atoms with Crippen molar-refractivity contribution in [2.75, 3.05) is 25.5 Å². The van der Waals surface area contributed by atoms with Crippen LogP contribution in [0.2, 0.25) is 5.02 Å². The van der Waals surface area contributed by atoms with Gasteiger partial charge in [-0.15, -0.1) is 0 Å². The van der Waals surface area contributed by atoms with E-state index in [-0.39, 0.29) is 17.4 Å². The van der Waals surface area contributed by atoms with Gasteiger partial charge in [0.1, 0.15) is 6.61 Å². The number of nitro groups is 1. The van der Waals surface area contributed by atoms with Gasteiger partial charge in [-0.2, -0.15) is 0 Å². The normalized spacial score (nSPS) is 22.6. The molecule has 37 heavy (non-hydrogen) atoms. The van der Waals surface area contributed by atoms with Gasteiger partial charge in [-0.3, -0.25) is 19.8 Å². The molecular formula is C27H25BrClN3O5. The molecule has 1 spiro atoms. The highest BCUT2D eigenvalue weighted by Crippen LogP contribution is 2.53. The Morgan fingerprint density at radius 3 is 2.70 bits per heavy atom. The first kappa shape index (κ1) is 25.5. The van der Waals surface area contributed by atoms with Crippen molar-refractivity contribution in [2.24, 2.45) is 0 Å². The van der Waals surface area contributed by atoms with E-state index in [1.165, 1.54) is 0 Å². The Balaban J connectivity index is 1.54. The summed E-state index contributed by atoms with van der Waals surface area (Å²) in [6, 6.07) is 16.9. The Bertz CT molecular complexity index is 1390. The number of hydrogen-bond acceptors (Lipinski definition) is 6. The third kappa shape index (κ3) is 4.24. The number of likely N-dealkylation sites (N-methyl/N-ethyl adjacent to an activating group) is 1. The quantitative estimate of drug-likeness (QED) is 0.286. The fraction of sp³-hybridized carbons (Fsp3) is 0.296. The van der Waals surface area contributed by atoms with E-state index in [0.717, 1.165) is 5.56 Å². The zero-order valence-electron chi connectivity index (χ0n) is 20.2. The lowest BCUT2D eigenvalue weighted by molar-refractivity contribution is -0.534. The number of anilines is 1. The Morgan fingerprint density at radius 2 is 1.97 bits per heavy atom. The molecule has 192 valence electrons. The number of carbonyl (C=O) groups excluding carboxylic acids is 1. The lowest BCUT2D eigenvalue weighted by Crippen LogP contribution is -2.54. The first-order chi connectivity index (χ1) is 17.8. The fourth-order valence-corrected chi connectivity index (χ4v) is 6.35. The van der Waals surface area contributed by atoms with E-state index in [4.69, 9.17) is 21.1 Å². The van der Waals surface area contributed by atoms with Crippen molar-refractivity contribution in [1.82, 2.24) is 4.90 Å². The van der Waals surface area contributed by atoms with Gasteiger partial charge in [0.15, 0.2) is 17.0 Å². The van der Waals surface area contributed by atoms with E-state index >= 15 is 0 Å². The molecule has 0 radical (unpaired) electrons. The Morgan fingerprint density at radius 1 is 1.19 bits per heavy atom. The Kier molecular flexibility index (Phi) is 6.87. The summed E-state index contributed by atoms with van der Waals surface area (Å²) in [7, 11) is 1.76. The highest BCUT2D eigenvalue weighted by atomic mass is 79.9. The number of nitrogens with one attached hydrogen (secondary N) is 1. The lowest BCUT2D eigenvalue weighted by Gasteiger charge is -2.30. The number of amides is 1. The summed E-state index contributed by atoms with van der Waals surface area (Å²) >= 11 is 9.69. The SMILES string of the molecule is CCOc1cc([C@@H]2CN(C)[C@]3(C(=O)Nc4ccccc43)[C@@H]2[N+](=O)[O-])cc(Br)c1OCc1cccc(Cl)c1. The van der Waals surface area contributed by atoms with Crippen LogP contribution in [-0.4, -0.2) is 42.0 Å². The number of nitrogens with zero attached hydrogens (tertiary/aromatic N) is 2. The number of carbonyl (C=O) groups is 1. The molecule has 0 saturated carbocycles. The molecule has 2 aliphatic rings. The van der Waals surface area contributed by atoms with E-state index in [0.29, 0.717) is 51.0 Å². The van der Waals surface area contributed by atoms with Crippen LogP contribution in [0.3, 0.4) is 0 Å². The van der Waals surface area contributed by atoms with Crippen molar-refractivity contribution in [3.63, 3.8) is 0 Å². The molecule has 1 saturated heterocycles. The van der Waals surface area contributed by atoms with E-state index in [9.17, 15) is 14.9 Å². The van der Waals surface area contributed by atoms with Gasteiger partial charge in [-0.1, -0.05) is 41.9 Å². The number of rotatable bonds is 7. The number of hydrogen-bond donors (Lipinski definition) is 1. The molecule has 10 heteroatoms. The highest BCUT2D eigenvalue weighted by molar-refractivity contribution is 9.10. The van der Waals surface area contributed by atoms with Crippen LogP contribution >= 0.6 is 27.5 Å². The van der Waals surface area contributed by atoms with Crippen LogP contribution in [0.4, 0.5) is 5.69 Å². The van der Waals surface area contributed by atoms with Gasteiger partial charge >= 0.3 is 0 Å². The zero-order chi connectivity index (χ0) is 26.3. The summed E-state index contributed by atoms with van der Waals surface area (Å²) in [6.07, 6.45) is 0. The Labute approximate surface area is 227 Å². The minimum Gasteiger partial charge on any atom is -0.490 e. The molecule has 0 bridgehead atoms. The molecule has 1 fully saturated rings. The van der Waals surface area contributed by atoms with Crippen molar-refractivity contribution in [3.8, 4) is 11.5 Å². The van der Waals surface area contributed by atoms with E-state index < -0.39 is 17.5 Å². The van der Waals surface area contributed by atoms with Crippen LogP contribution in [0.25, 0.3) is 0 Å². The van der Waals surface area contributed by atoms with Crippen molar-refractivity contribution in [2.45, 2.75) is 31.0 Å².